The van der Waals surface area contributed by atoms with Gasteiger partial charge in [-0.25, -0.2) is 17.6 Å². The summed E-state index contributed by atoms with van der Waals surface area (Å²) in [5.41, 5.74) is -0.340. The van der Waals surface area contributed by atoms with Gasteiger partial charge in [0, 0.05) is 12.6 Å². The average Bonchev–Trinajstić information content (AvgIpc) is 2.55. The average molecular weight is 353 g/mol. The fourth-order valence-electron chi connectivity index (χ4n) is 2.21. The lowest BCUT2D eigenvalue weighted by Gasteiger charge is -2.22. The second-order valence-corrected chi connectivity index (χ2v) is 6.97. The summed E-state index contributed by atoms with van der Waals surface area (Å²) in [5.74, 6) is -2.00. The van der Waals surface area contributed by atoms with Gasteiger partial charge in [0.15, 0.2) is 0 Å². The first-order chi connectivity index (χ1) is 11.2. The summed E-state index contributed by atoms with van der Waals surface area (Å²) in [4.78, 5) is 10.7. The van der Waals surface area contributed by atoms with Crippen LogP contribution in [0.4, 0.5) is 10.1 Å². The Morgan fingerprint density at radius 1 is 1.25 bits per heavy atom. The molecule has 6 nitrogen and oxygen atoms in total. The van der Waals surface area contributed by atoms with E-state index in [1.54, 1.807) is 18.2 Å². The number of hydrogen-bond donors (Lipinski definition) is 1. The molecule has 0 heterocycles. The number of benzene rings is 2. The molecule has 0 amide bonds. The van der Waals surface area contributed by atoms with Crippen LogP contribution in [0.5, 0.6) is 5.75 Å². The summed E-state index contributed by atoms with van der Waals surface area (Å²) in [6.07, 6.45) is 0. The van der Waals surface area contributed by atoms with Crippen LogP contribution in [0.15, 0.2) is 41.3 Å². The highest BCUT2D eigenvalue weighted by atomic mass is 32.2. The van der Waals surface area contributed by atoms with Gasteiger partial charge in [-0.2, -0.15) is 0 Å². The monoisotopic (exact) mass is 353 g/mol. The molecule has 0 spiro atoms. The van der Waals surface area contributed by atoms with Crippen LogP contribution in [-0.4, -0.2) is 33.7 Å². The number of para-hydroxylation sites is 2. The summed E-state index contributed by atoms with van der Waals surface area (Å²) in [5, 5.41) is 9.03. The Kier molecular flexibility index (Phi) is 4.79. The molecule has 0 saturated heterocycles. The van der Waals surface area contributed by atoms with Crippen LogP contribution in [0.3, 0.4) is 0 Å². The number of sulfonamides is 1. The Bertz CT molecular complexity index is 895. The van der Waals surface area contributed by atoms with Gasteiger partial charge in [-0.15, -0.1) is 0 Å². The Hall–Kier alpha value is -2.61. The minimum absolute atomic E-state index is 0.151. The first kappa shape index (κ1) is 17.7. The highest BCUT2D eigenvalue weighted by molar-refractivity contribution is 7.92. The number of hydrogen-bond acceptors (Lipinski definition) is 4. The zero-order chi connectivity index (χ0) is 18.1. The number of rotatable bonds is 5. The van der Waals surface area contributed by atoms with Crippen molar-refractivity contribution in [3.05, 3.63) is 53.3 Å². The SMILES string of the molecule is COc1ccccc1N(C)S(=O)(=O)c1cc(C(=O)O)cc(F)c1C. The largest absolute Gasteiger partial charge is 0.495 e. The maximum atomic E-state index is 14.0. The number of methoxy groups -OCH3 is 1. The molecule has 0 saturated carbocycles. The molecule has 0 aliphatic carbocycles. The standard InChI is InChI=1S/C16H16FNO5S/c1-10-12(17)8-11(16(19)20)9-15(10)24(21,22)18(2)13-6-4-5-7-14(13)23-3/h4-9H,1-3H3,(H,19,20). The van der Waals surface area contributed by atoms with Crippen molar-refractivity contribution in [3.63, 3.8) is 0 Å². The number of nitrogens with zero attached hydrogens (tertiary/aromatic N) is 1. The number of carboxylic acid groups (broad SMARTS) is 1. The van der Waals surface area contributed by atoms with Crippen molar-refractivity contribution < 1.29 is 27.4 Å². The van der Waals surface area contributed by atoms with Crippen molar-refractivity contribution in [1.82, 2.24) is 0 Å². The maximum absolute atomic E-state index is 14.0. The number of anilines is 1. The van der Waals surface area contributed by atoms with Crippen molar-refractivity contribution in [2.45, 2.75) is 11.8 Å². The Morgan fingerprint density at radius 3 is 2.46 bits per heavy atom. The molecular formula is C16H16FNO5S. The lowest BCUT2D eigenvalue weighted by atomic mass is 10.1. The highest BCUT2D eigenvalue weighted by Crippen LogP contribution is 2.32. The number of ether oxygens (including phenoxy) is 1. The third-order valence-electron chi connectivity index (χ3n) is 3.61. The highest BCUT2D eigenvalue weighted by Gasteiger charge is 2.28. The predicted octanol–water partition coefficient (Wildman–Crippen LogP) is 2.67. The van der Waals surface area contributed by atoms with Crippen molar-refractivity contribution in [1.29, 1.82) is 0 Å². The fourth-order valence-corrected chi connectivity index (χ4v) is 3.68. The lowest BCUT2D eigenvalue weighted by Crippen LogP contribution is -2.28. The lowest BCUT2D eigenvalue weighted by molar-refractivity contribution is 0.0696. The third kappa shape index (κ3) is 3.05. The molecule has 0 atom stereocenters. The molecule has 8 heteroatoms. The summed E-state index contributed by atoms with van der Waals surface area (Å²) in [6, 6.07) is 8.16. The molecule has 2 aromatic rings. The van der Waals surface area contributed by atoms with Crippen LogP contribution in [0, 0.1) is 12.7 Å². The van der Waals surface area contributed by atoms with E-state index < -0.39 is 32.3 Å². The molecule has 1 N–H and O–H groups in total. The van der Waals surface area contributed by atoms with Gasteiger partial charge >= 0.3 is 5.97 Å². The molecule has 128 valence electrons. The van der Waals surface area contributed by atoms with Crippen molar-refractivity contribution in [2.75, 3.05) is 18.5 Å². The van der Waals surface area contributed by atoms with Gasteiger partial charge in [-0.1, -0.05) is 12.1 Å². The van der Waals surface area contributed by atoms with Gasteiger partial charge in [-0.05, 0) is 31.2 Å². The molecule has 0 bridgehead atoms. The van der Waals surface area contributed by atoms with Crippen LogP contribution >= 0.6 is 0 Å². The maximum Gasteiger partial charge on any atom is 0.335 e. The van der Waals surface area contributed by atoms with E-state index in [0.29, 0.717) is 5.75 Å². The topological polar surface area (TPSA) is 83.9 Å². The van der Waals surface area contributed by atoms with Gasteiger partial charge in [0.25, 0.3) is 10.0 Å². The zero-order valence-electron chi connectivity index (χ0n) is 13.3. The molecular weight excluding hydrogens is 337 g/mol. The van der Waals surface area contributed by atoms with Crippen LogP contribution < -0.4 is 9.04 Å². The van der Waals surface area contributed by atoms with Crippen molar-refractivity contribution >= 4 is 21.7 Å². The van der Waals surface area contributed by atoms with E-state index in [0.717, 1.165) is 16.4 Å². The minimum atomic E-state index is -4.18. The smallest absolute Gasteiger partial charge is 0.335 e. The summed E-state index contributed by atoms with van der Waals surface area (Å²) >= 11 is 0. The quantitative estimate of drug-likeness (QED) is 0.893. The van der Waals surface area contributed by atoms with Gasteiger partial charge in [-0.3, -0.25) is 4.31 Å². The van der Waals surface area contributed by atoms with Crippen LogP contribution in [0.1, 0.15) is 15.9 Å². The Balaban J connectivity index is 2.64. The van der Waals surface area contributed by atoms with E-state index in [1.165, 1.54) is 27.1 Å². The Morgan fingerprint density at radius 2 is 1.88 bits per heavy atom. The molecule has 2 rings (SSSR count). The van der Waals surface area contributed by atoms with E-state index in [9.17, 15) is 17.6 Å². The number of halogens is 1. The van der Waals surface area contributed by atoms with Crippen molar-refractivity contribution in [2.24, 2.45) is 0 Å². The summed E-state index contributed by atoms with van der Waals surface area (Å²) < 4.78 is 45.8. The molecule has 2 aromatic carbocycles. The fraction of sp³-hybridized carbons (Fsp3) is 0.188. The van der Waals surface area contributed by atoms with E-state index in [4.69, 9.17) is 9.84 Å². The number of carboxylic acids is 1. The minimum Gasteiger partial charge on any atom is -0.495 e. The number of aromatic carboxylic acids is 1. The molecule has 0 aliphatic heterocycles. The third-order valence-corrected chi connectivity index (χ3v) is 5.50. The van der Waals surface area contributed by atoms with Gasteiger partial charge in [0.2, 0.25) is 0 Å². The molecule has 0 unspecified atom stereocenters. The molecule has 0 radical (unpaired) electrons. The van der Waals surface area contributed by atoms with Crippen LogP contribution in [-0.2, 0) is 10.0 Å². The summed E-state index contributed by atoms with van der Waals surface area (Å²) in [6.45, 7) is 1.28. The van der Waals surface area contributed by atoms with Crippen LogP contribution in [0.2, 0.25) is 0 Å². The second-order valence-electron chi connectivity index (χ2n) is 5.03. The zero-order valence-corrected chi connectivity index (χ0v) is 14.1. The molecule has 0 aliphatic rings. The first-order valence-electron chi connectivity index (χ1n) is 6.85. The van der Waals surface area contributed by atoms with Crippen LogP contribution in [0.25, 0.3) is 0 Å². The van der Waals surface area contributed by atoms with Gasteiger partial charge < -0.3 is 9.84 Å². The first-order valence-corrected chi connectivity index (χ1v) is 8.29. The molecule has 0 aromatic heterocycles. The molecule has 24 heavy (non-hydrogen) atoms. The van der Waals surface area contributed by atoms with Crippen molar-refractivity contribution in [3.8, 4) is 5.75 Å². The summed E-state index contributed by atoms with van der Waals surface area (Å²) in [7, 11) is -1.50. The van der Waals surface area contributed by atoms with E-state index in [-0.39, 0.29) is 11.3 Å². The normalized spacial score (nSPS) is 11.2. The van der Waals surface area contributed by atoms with Gasteiger partial charge in [0.1, 0.15) is 11.6 Å². The predicted molar refractivity (Wildman–Crippen MR) is 86.7 cm³/mol. The van der Waals surface area contributed by atoms with E-state index >= 15 is 0 Å². The number of carbonyl (C=O) groups is 1. The molecule has 0 fully saturated rings. The Labute approximate surface area is 139 Å². The van der Waals surface area contributed by atoms with E-state index in [2.05, 4.69) is 0 Å². The van der Waals surface area contributed by atoms with E-state index in [1.807, 2.05) is 0 Å². The second kappa shape index (κ2) is 6.48. The van der Waals surface area contributed by atoms with Gasteiger partial charge in [0.05, 0.1) is 23.3 Å².